The SMILES string of the molecule is Cc1nnc(-c2nccc3c2CCN(C)C3=O)cc1C(C)c1cc(F)cc(C(F)(F)F)c1. The van der Waals surface area contributed by atoms with Crippen molar-refractivity contribution in [2.45, 2.75) is 32.4 Å². The maximum atomic E-state index is 14.0. The van der Waals surface area contributed by atoms with E-state index in [0.29, 0.717) is 47.2 Å². The molecule has 0 saturated carbocycles. The molecule has 1 aliphatic heterocycles. The first-order valence-corrected chi connectivity index (χ1v) is 10.0. The molecule has 4 rings (SSSR count). The molecule has 1 aliphatic rings. The Hall–Kier alpha value is -3.36. The van der Waals surface area contributed by atoms with E-state index in [4.69, 9.17) is 0 Å². The molecule has 9 heteroatoms. The topological polar surface area (TPSA) is 59.0 Å². The summed E-state index contributed by atoms with van der Waals surface area (Å²) in [5.74, 6) is -1.64. The molecule has 0 spiro atoms. The number of alkyl halides is 3. The maximum absolute atomic E-state index is 14.0. The normalized spacial score (nSPS) is 15.0. The van der Waals surface area contributed by atoms with Gasteiger partial charge in [0, 0.05) is 31.3 Å². The van der Waals surface area contributed by atoms with E-state index in [-0.39, 0.29) is 11.5 Å². The summed E-state index contributed by atoms with van der Waals surface area (Å²) in [6.07, 6.45) is -2.53. The van der Waals surface area contributed by atoms with E-state index in [0.717, 1.165) is 17.7 Å². The summed E-state index contributed by atoms with van der Waals surface area (Å²) in [5, 5.41) is 8.40. The van der Waals surface area contributed by atoms with E-state index in [1.165, 1.54) is 6.20 Å². The summed E-state index contributed by atoms with van der Waals surface area (Å²) in [6.45, 7) is 3.92. The minimum atomic E-state index is -4.65. The van der Waals surface area contributed by atoms with Crippen molar-refractivity contribution in [3.63, 3.8) is 0 Å². The van der Waals surface area contributed by atoms with Crippen molar-refractivity contribution in [1.82, 2.24) is 20.1 Å². The van der Waals surface area contributed by atoms with Crippen LogP contribution in [0.5, 0.6) is 0 Å². The number of aryl methyl sites for hydroxylation is 1. The molecule has 0 radical (unpaired) electrons. The third kappa shape index (κ3) is 3.94. The van der Waals surface area contributed by atoms with Gasteiger partial charge in [-0.1, -0.05) is 6.92 Å². The molecule has 3 aromatic rings. The predicted molar refractivity (Wildman–Crippen MR) is 110 cm³/mol. The number of likely N-dealkylation sites (N-methyl/N-ethyl adjacent to an activating group) is 1. The maximum Gasteiger partial charge on any atom is 0.416 e. The molecule has 32 heavy (non-hydrogen) atoms. The predicted octanol–water partition coefficient (Wildman–Crippen LogP) is 4.78. The number of pyridine rings is 1. The van der Waals surface area contributed by atoms with Crippen molar-refractivity contribution in [3.8, 4) is 11.4 Å². The van der Waals surface area contributed by atoms with Gasteiger partial charge in [-0.3, -0.25) is 9.78 Å². The van der Waals surface area contributed by atoms with Crippen LogP contribution in [0.3, 0.4) is 0 Å². The van der Waals surface area contributed by atoms with Crippen LogP contribution in [0.25, 0.3) is 11.4 Å². The number of carbonyl (C=O) groups excluding carboxylic acids is 1. The summed E-state index contributed by atoms with van der Waals surface area (Å²) in [7, 11) is 1.73. The lowest BCUT2D eigenvalue weighted by Gasteiger charge is -2.26. The number of amides is 1. The van der Waals surface area contributed by atoms with Gasteiger partial charge in [-0.05, 0) is 60.4 Å². The molecule has 5 nitrogen and oxygen atoms in total. The van der Waals surface area contributed by atoms with Crippen LogP contribution in [-0.2, 0) is 12.6 Å². The van der Waals surface area contributed by atoms with E-state index in [2.05, 4.69) is 15.2 Å². The van der Waals surface area contributed by atoms with E-state index in [1.54, 1.807) is 37.9 Å². The molecule has 0 aliphatic carbocycles. The Morgan fingerprint density at radius 1 is 1.12 bits per heavy atom. The van der Waals surface area contributed by atoms with E-state index in [9.17, 15) is 22.4 Å². The number of aromatic nitrogens is 3. The number of rotatable bonds is 3. The van der Waals surface area contributed by atoms with E-state index in [1.807, 2.05) is 0 Å². The van der Waals surface area contributed by atoms with Crippen molar-refractivity contribution in [2.24, 2.45) is 0 Å². The Bertz CT molecular complexity index is 1210. The second kappa shape index (κ2) is 7.96. The van der Waals surface area contributed by atoms with Crippen molar-refractivity contribution in [1.29, 1.82) is 0 Å². The van der Waals surface area contributed by atoms with Gasteiger partial charge in [0.15, 0.2) is 0 Å². The molecule has 0 saturated heterocycles. The van der Waals surface area contributed by atoms with Gasteiger partial charge in [0.2, 0.25) is 0 Å². The molecule has 3 heterocycles. The van der Waals surface area contributed by atoms with Gasteiger partial charge >= 0.3 is 6.18 Å². The molecule has 1 atom stereocenters. The number of benzene rings is 1. The first-order valence-electron chi connectivity index (χ1n) is 10.0. The van der Waals surface area contributed by atoms with E-state index < -0.39 is 23.5 Å². The molecule has 0 fully saturated rings. The van der Waals surface area contributed by atoms with Crippen LogP contribution in [-0.4, -0.2) is 39.6 Å². The van der Waals surface area contributed by atoms with Crippen LogP contribution in [0.1, 0.15) is 51.1 Å². The summed E-state index contributed by atoms with van der Waals surface area (Å²) in [6, 6.07) is 5.89. The Labute approximate surface area is 182 Å². The van der Waals surface area contributed by atoms with Crippen LogP contribution < -0.4 is 0 Å². The zero-order chi connectivity index (χ0) is 23.2. The molecule has 1 aromatic carbocycles. The standard InChI is InChI=1S/C23H20F4N4O/c1-12(14-8-15(23(25,26)27)10-16(24)9-14)19-11-20(30-29-13(19)2)21-17-5-7-31(3)22(32)18(17)4-6-28-21/h4,6,8-12H,5,7H2,1-3H3. The quantitative estimate of drug-likeness (QED) is 0.546. The smallest absolute Gasteiger partial charge is 0.341 e. The van der Waals surface area contributed by atoms with Gasteiger partial charge in [0.05, 0.1) is 17.0 Å². The highest BCUT2D eigenvalue weighted by Crippen LogP contribution is 2.35. The average Bonchev–Trinajstić information content (AvgIpc) is 2.75. The van der Waals surface area contributed by atoms with Crippen LogP contribution in [0, 0.1) is 12.7 Å². The second-order valence-electron chi connectivity index (χ2n) is 7.93. The van der Waals surface area contributed by atoms with Gasteiger partial charge in [-0.25, -0.2) is 4.39 Å². The lowest BCUT2D eigenvalue weighted by molar-refractivity contribution is -0.137. The fourth-order valence-electron chi connectivity index (χ4n) is 3.98. The molecule has 1 amide bonds. The minimum Gasteiger partial charge on any atom is -0.341 e. The third-order valence-electron chi connectivity index (χ3n) is 5.80. The van der Waals surface area contributed by atoms with Crippen molar-refractivity contribution < 1.29 is 22.4 Å². The first kappa shape index (κ1) is 21.9. The Kier molecular flexibility index (Phi) is 5.44. The second-order valence-corrected chi connectivity index (χ2v) is 7.93. The van der Waals surface area contributed by atoms with Gasteiger partial charge in [-0.15, -0.1) is 5.10 Å². The molecule has 166 valence electrons. The Balaban J connectivity index is 1.79. The van der Waals surface area contributed by atoms with Crippen LogP contribution >= 0.6 is 0 Å². The van der Waals surface area contributed by atoms with Crippen LogP contribution in [0.4, 0.5) is 17.6 Å². The summed E-state index contributed by atoms with van der Waals surface area (Å²) in [4.78, 5) is 18.5. The first-order chi connectivity index (χ1) is 15.1. The number of hydrogen-bond acceptors (Lipinski definition) is 4. The largest absolute Gasteiger partial charge is 0.416 e. The fourth-order valence-corrected chi connectivity index (χ4v) is 3.98. The molecule has 0 N–H and O–H groups in total. The number of halogens is 4. The zero-order valence-corrected chi connectivity index (χ0v) is 17.7. The van der Waals surface area contributed by atoms with Crippen molar-refractivity contribution in [2.75, 3.05) is 13.6 Å². The van der Waals surface area contributed by atoms with Gasteiger partial charge < -0.3 is 4.90 Å². The summed E-state index contributed by atoms with van der Waals surface area (Å²) in [5.41, 5.74) is 2.49. The number of fused-ring (bicyclic) bond motifs is 1. The highest BCUT2D eigenvalue weighted by atomic mass is 19.4. The summed E-state index contributed by atoms with van der Waals surface area (Å²) >= 11 is 0. The number of carbonyl (C=O) groups is 1. The number of nitrogens with zero attached hydrogens (tertiary/aromatic N) is 4. The Morgan fingerprint density at radius 2 is 1.88 bits per heavy atom. The highest BCUT2D eigenvalue weighted by Gasteiger charge is 2.32. The lowest BCUT2D eigenvalue weighted by atomic mass is 9.90. The van der Waals surface area contributed by atoms with E-state index >= 15 is 0 Å². The van der Waals surface area contributed by atoms with Gasteiger partial charge in [0.1, 0.15) is 11.5 Å². The van der Waals surface area contributed by atoms with Crippen LogP contribution in [0.15, 0.2) is 36.5 Å². The Morgan fingerprint density at radius 3 is 2.59 bits per heavy atom. The molecular weight excluding hydrogens is 424 g/mol. The average molecular weight is 444 g/mol. The lowest BCUT2D eigenvalue weighted by Crippen LogP contribution is -2.34. The van der Waals surface area contributed by atoms with Gasteiger partial charge in [0.25, 0.3) is 5.91 Å². The molecule has 2 aromatic heterocycles. The zero-order valence-electron chi connectivity index (χ0n) is 17.7. The summed E-state index contributed by atoms with van der Waals surface area (Å²) < 4.78 is 53.5. The number of hydrogen-bond donors (Lipinski definition) is 0. The fraction of sp³-hybridized carbons (Fsp3) is 0.304. The van der Waals surface area contributed by atoms with Crippen LogP contribution in [0.2, 0.25) is 0 Å². The minimum absolute atomic E-state index is 0.108. The van der Waals surface area contributed by atoms with Crippen molar-refractivity contribution >= 4 is 5.91 Å². The van der Waals surface area contributed by atoms with Gasteiger partial charge in [-0.2, -0.15) is 18.3 Å². The molecular formula is C23H20F4N4O. The molecule has 1 unspecified atom stereocenters. The third-order valence-corrected chi connectivity index (χ3v) is 5.80. The monoisotopic (exact) mass is 444 g/mol. The molecule has 0 bridgehead atoms. The highest BCUT2D eigenvalue weighted by molar-refractivity contribution is 5.98. The van der Waals surface area contributed by atoms with Crippen molar-refractivity contribution in [3.05, 3.63) is 75.9 Å².